The van der Waals surface area contributed by atoms with Crippen LogP contribution in [-0.2, 0) is 4.43 Å². The van der Waals surface area contributed by atoms with Crippen LogP contribution in [0.5, 0.6) is 0 Å². The van der Waals surface area contributed by atoms with Crippen LogP contribution in [0.2, 0.25) is 18.1 Å². The van der Waals surface area contributed by atoms with Crippen LogP contribution < -0.4 is 0 Å². The minimum Gasteiger partial charge on any atom is -0.410 e. The summed E-state index contributed by atoms with van der Waals surface area (Å²) in [6, 6.07) is 0. The molecule has 0 aromatic carbocycles. The predicted molar refractivity (Wildman–Crippen MR) is 88.6 cm³/mol. The van der Waals surface area contributed by atoms with E-state index in [-0.39, 0.29) is 11.1 Å². The van der Waals surface area contributed by atoms with Gasteiger partial charge in [-0.3, -0.25) is 0 Å². The van der Waals surface area contributed by atoms with Gasteiger partial charge < -0.3 is 14.6 Å². The van der Waals surface area contributed by atoms with Gasteiger partial charge >= 0.3 is 0 Å². The molecule has 1 rings (SSSR count). The Morgan fingerprint density at radius 3 is 2.53 bits per heavy atom. The van der Waals surface area contributed by atoms with Crippen molar-refractivity contribution in [2.45, 2.75) is 63.1 Å². The first-order valence-corrected chi connectivity index (χ1v) is 10.3. The molecule has 0 saturated heterocycles. The third-order valence-electron chi connectivity index (χ3n) is 4.12. The van der Waals surface area contributed by atoms with E-state index >= 15 is 0 Å². The Hall–Kier alpha value is 0.127. The van der Waals surface area contributed by atoms with Crippen molar-refractivity contribution in [1.29, 1.82) is 0 Å². The fourth-order valence-corrected chi connectivity index (χ4v) is 3.96. The van der Waals surface area contributed by atoms with Crippen LogP contribution in [0.15, 0.2) is 9.66 Å². The van der Waals surface area contributed by atoms with Crippen LogP contribution in [0.3, 0.4) is 0 Å². The first-order chi connectivity index (χ1) is 8.44. The normalized spacial score (nSPS) is 29.8. The van der Waals surface area contributed by atoms with Crippen molar-refractivity contribution in [2.75, 3.05) is 0 Å². The fourth-order valence-electron chi connectivity index (χ4n) is 1.78. The largest absolute Gasteiger partial charge is 0.410 e. The van der Waals surface area contributed by atoms with Crippen LogP contribution in [0, 0.1) is 12.3 Å². The molecule has 0 spiro atoms. The number of halogens is 1. The van der Waals surface area contributed by atoms with Crippen molar-refractivity contribution in [3.8, 4) is 12.3 Å². The third kappa shape index (κ3) is 3.42. The number of terminal acetylenes is 1. The fraction of sp³-hybridized carbons (Fsp3) is 0.714. The number of hydrogen-bond donors (Lipinski definition) is 2. The summed E-state index contributed by atoms with van der Waals surface area (Å²) >= 11 is 2.03. The summed E-state index contributed by atoms with van der Waals surface area (Å²) < 4.78 is 6.91. The number of hydrogen-bond acceptors (Lipinski definition) is 3. The zero-order valence-electron chi connectivity index (χ0n) is 12.2. The Labute approximate surface area is 130 Å². The molecule has 0 radical (unpaired) electrons. The van der Waals surface area contributed by atoms with Gasteiger partial charge in [0.15, 0.2) is 8.32 Å². The van der Waals surface area contributed by atoms with E-state index in [1.807, 2.05) is 28.7 Å². The van der Waals surface area contributed by atoms with Gasteiger partial charge in [0.25, 0.3) is 0 Å². The lowest BCUT2D eigenvalue weighted by Crippen LogP contribution is -2.46. The summed E-state index contributed by atoms with van der Waals surface area (Å²) in [5.41, 5.74) is -1.36. The summed E-state index contributed by atoms with van der Waals surface area (Å²) in [5, 5.41) is 20.4. The SMILES string of the molecule is C#C[C@@H](O)[C@@]1(O)C[C@H](O[Si](C)(C)C(C)(C)C)C=C1I. The second kappa shape index (κ2) is 5.49. The molecule has 2 N–H and O–H groups in total. The summed E-state index contributed by atoms with van der Waals surface area (Å²) in [5.74, 6) is 2.21. The molecule has 0 fully saturated rings. The molecule has 19 heavy (non-hydrogen) atoms. The van der Waals surface area contributed by atoms with Crippen LogP contribution >= 0.6 is 22.6 Å². The zero-order valence-corrected chi connectivity index (χ0v) is 15.4. The summed E-state index contributed by atoms with van der Waals surface area (Å²) in [4.78, 5) is 0. The van der Waals surface area contributed by atoms with Crippen molar-refractivity contribution in [3.05, 3.63) is 9.66 Å². The molecular weight excluding hydrogens is 371 g/mol. The minimum absolute atomic E-state index is 0.109. The number of aliphatic hydroxyl groups is 2. The van der Waals surface area contributed by atoms with E-state index in [0.29, 0.717) is 10.0 Å². The quantitative estimate of drug-likeness (QED) is 0.440. The van der Waals surface area contributed by atoms with Gasteiger partial charge in [0.05, 0.1) is 6.10 Å². The molecule has 108 valence electrons. The van der Waals surface area contributed by atoms with Crippen molar-refractivity contribution in [3.63, 3.8) is 0 Å². The summed E-state index contributed by atoms with van der Waals surface area (Å²) in [7, 11) is -1.90. The Morgan fingerprint density at radius 1 is 1.58 bits per heavy atom. The summed E-state index contributed by atoms with van der Waals surface area (Å²) in [6.45, 7) is 10.9. The van der Waals surface area contributed by atoms with Gasteiger partial charge in [0.1, 0.15) is 11.7 Å². The van der Waals surface area contributed by atoms with Gasteiger partial charge in [-0.2, -0.15) is 0 Å². The maximum absolute atomic E-state index is 10.5. The molecular formula is C14H23IO3Si. The molecule has 0 aliphatic heterocycles. The van der Waals surface area contributed by atoms with E-state index < -0.39 is 20.0 Å². The average Bonchev–Trinajstić information content (AvgIpc) is 2.51. The highest BCUT2D eigenvalue weighted by molar-refractivity contribution is 14.1. The number of aliphatic hydroxyl groups excluding tert-OH is 1. The van der Waals surface area contributed by atoms with Crippen molar-refractivity contribution >= 4 is 30.9 Å². The Bertz CT molecular complexity index is 419. The molecule has 0 bridgehead atoms. The molecule has 0 saturated carbocycles. The second-order valence-electron chi connectivity index (χ2n) is 6.63. The topological polar surface area (TPSA) is 49.7 Å². The number of rotatable bonds is 3. The molecule has 0 amide bonds. The lowest BCUT2D eigenvalue weighted by atomic mass is 9.96. The molecule has 1 aliphatic carbocycles. The van der Waals surface area contributed by atoms with Crippen molar-refractivity contribution in [2.24, 2.45) is 0 Å². The van der Waals surface area contributed by atoms with Gasteiger partial charge in [-0.05, 0) is 46.8 Å². The molecule has 0 unspecified atom stereocenters. The average molecular weight is 394 g/mol. The Balaban J connectivity index is 2.86. The molecule has 0 aromatic heterocycles. The zero-order chi connectivity index (χ0) is 15.1. The molecule has 3 atom stereocenters. The van der Waals surface area contributed by atoms with Crippen molar-refractivity contribution in [1.82, 2.24) is 0 Å². The first kappa shape index (κ1) is 17.2. The van der Waals surface area contributed by atoms with E-state index in [1.165, 1.54) is 0 Å². The van der Waals surface area contributed by atoms with Gasteiger partial charge in [0, 0.05) is 10.0 Å². The second-order valence-corrected chi connectivity index (χ2v) is 12.5. The highest BCUT2D eigenvalue weighted by Crippen LogP contribution is 2.43. The Morgan fingerprint density at radius 2 is 2.11 bits per heavy atom. The predicted octanol–water partition coefficient (Wildman–Crippen LogP) is 2.82. The first-order valence-electron chi connectivity index (χ1n) is 6.36. The Kier molecular flexibility index (Phi) is 4.96. The van der Waals surface area contributed by atoms with E-state index in [4.69, 9.17) is 10.8 Å². The molecule has 5 heteroatoms. The molecule has 0 heterocycles. The molecule has 3 nitrogen and oxygen atoms in total. The highest BCUT2D eigenvalue weighted by Gasteiger charge is 2.47. The van der Waals surface area contributed by atoms with Crippen LogP contribution in [0.1, 0.15) is 27.2 Å². The standard InChI is InChI=1S/C14H23IO3Si/c1-7-12(16)14(17)9-10(8-11(14)15)18-19(5,6)13(2,3)4/h1,8,10,12,16-17H,9H2,2-6H3/t10-,12-,14-/m1/s1. The van der Waals surface area contributed by atoms with Gasteiger partial charge in [0.2, 0.25) is 0 Å². The third-order valence-corrected chi connectivity index (χ3v) is 9.92. The maximum atomic E-state index is 10.5. The lowest BCUT2D eigenvalue weighted by Gasteiger charge is -2.38. The van der Waals surface area contributed by atoms with E-state index in [0.717, 1.165) is 0 Å². The highest BCUT2D eigenvalue weighted by atomic mass is 127. The van der Waals surface area contributed by atoms with Crippen LogP contribution in [-0.4, -0.2) is 36.3 Å². The van der Waals surface area contributed by atoms with Crippen LogP contribution in [0.4, 0.5) is 0 Å². The van der Waals surface area contributed by atoms with E-state index in [1.54, 1.807) is 0 Å². The summed E-state index contributed by atoms with van der Waals surface area (Å²) in [6.07, 6.45) is 6.05. The van der Waals surface area contributed by atoms with Gasteiger partial charge in [-0.25, -0.2) is 0 Å². The van der Waals surface area contributed by atoms with E-state index in [9.17, 15) is 10.2 Å². The minimum atomic E-state index is -1.90. The monoisotopic (exact) mass is 394 g/mol. The van der Waals surface area contributed by atoms with E-state index in [2.05, 4.69) is 39.8 Å². The van der Waals surface area contributed by atoms with Gasteiger partial charge in [-0.1, -0.05) is 26.7 Å². The smallest absolute Gasteiger partial charge is 0.192 e. The molecule has 0 aromatic rings. The van der Waals surface area contributed by atoms with Crippen molar-refractivity contribution < 1.29 is 14.6 Å². The maximum Gasteiger partial charge on any atom is 0.192 e. The molecule has 1 aliphatic rings. The van der Waals surface area contributed by atoms with Gasteiger partial charge in [-0.15, -0.1) is 6.42 Å². The van der Waals surface area contributed by atoms with Crippen LogP contribution in [0.25, 0.3) is 0 Å². The lowest BCUT2D eigenvalue weighted by molar-refractivity contribution is -0.0238.